The Balaban J connectivity index is 1.50. The molecule has 1 amide bonds. The van der Waals surface area contributed by atoms with E-state index in [2.05, 4.69) is 11.4 Å². The zero-order chi connectivity index (χ0) is 14.7. The van der Waals surface area contributed by atoms with Crippen molar-refractivity contribution in [3.8, 4) is 0 Å². The number of hydrogen-bond donors (Lipinski definition) is 2. The van der Waals surface area contributed by atoms with Crippen LogP contribution < -0.4 is 11.1 Å². The Morgan fingerprint density at radius 1 is 1.19 bits per heavy atom. The minimum atomic E-state index is 0.194. The average molecular weight is 286 g/mol. The largest absolute Gasteiger partial charge is 0.399 e. The summed E-state index contributed by atoms with van der Waals surface area (Å²) in [4.78, 5) is 12.2. The molecule has 21 heavy (non-hydrogen) atoms. The number of hydrogen-bond acceptors (Lipinski definition) is 2. The third-order valence-electron chi connectivity index (χ3n) is 5.08. The van der Waals surface area contributed by atoms with Gasteiger partial charge in [-0.2, -0.15) is 0 Å². The molecule has 0 radical (unpaired) electrons. The van der Waals surface area contributed by atoms with Gasteiger partial charge < -0.3 is 11.1 Å². The van der Waals surface area contributed by atoms with Gasteiger partial charge in [0.2, 0.25) is 5.91 Å². The molecule has 1 fully saturated rings. The molecule has 0 aromatic heterocycles. The smallest absolute Gasteiger partial charge is 0.220 e. The van der Waals surface area contributed by atoms with Crippen molar-refractivity contribution >= 4 is 11.6 Å². The molecule has 0 spiro atoms. The number of amides is 1. The fourth-order valence-corrected chi connectivity index (χ4v) is 3.86. The Hall–Kier alpha value is -1.51. The van der Waals surface area contributed by atoms with Crippen LogP contribution in [-0.4, -0.2) is 5.91 Å². The first-order valence-electron chi connectivity index (χ1n) is 8.40. The Kier molecular flexibility index (Phi) is 4.47. The van der Waals surface area contributed by atoms with E-state index in [1.165, 1.54) is 43.2 Å². The number of fused-ring (bicyclic) bond motifs is 1. The minimum absolute atomic E-state index is 0.194. The van der Waals surface area contributed by atoms with Gasteiger partial charge in [-0.1, -0.05) is 38.2 Å². The van der Waals surface area contributed by atoms with Crippen molar-refractivity contribution in [3.63, 3.8) is 0 Å². The van der Waals surface area contributed by atoms with Gasteiger partial charge in [-0.3, -0.25) is 4.79 Å². The fraction of sp³-hybridized carbons (Fsp3) is 0.611. The molecule has 2 aliphatic rings. The molecule has 114 valence electrons. The number of anilines is 1. The van der Waals surface area contributed by atoms with Gasteiger partial charge >= 0.3 is 0 Å². The predicted molar refractivity (Wildman–Crippen MR) is 85.9 cm³/mol. The topological polar surface area (TPSA) is 55.1 Å². The normalized spacial score (nSPS) is 22.0. The van der Waals surface area contributed by atoms with Crippen LogP contribution in [0.25, 0.3) is 0 Å². The van der Waals surface area contributed by atoms with Crippen LogP contribution in [0.1, 0.15) is 68.5 Å². The van der Waals surface area contributed by atoms with Gasteiger partial charge in [0.15, 0.2) is 0 Å². The summed E-state index contributed by atoms with van der Waals surface area (Å²) in [6, 6.07) is 6.25. The van der Waals surface area contributed by atoms with E-state index >= 15 is 0 Å². The molecule has 0 saturated heterocycles. The summed E-state index contributed by atoms with van der Waals surface area (Å²) in [5.41, 5.74) is 9.20. The van der Waals surface area contributed by atoms with Crippen LogP contribution in [0, 0.1) is 5.92 Å². The van der Waals surface area contributed by atoms with E-state index in [4.69, 9.17) is 5.73 Å². The second kappa shape index (κ2) is 6.50. The minimum Gasteiger partial charge on any atom is -0.399 e. The van der Waals surface area contributed by atoms with Gasteiger partial charge in [0.1, 0.15) is 0 Å². The highest BCUT2D eigenvalue weighted by Crippen LogP contribution is 2.32. The van der Waals surface area contributed by atoms with Gasteiger partial charge in [0.05, 0.1) is 6.04 Å². The van der Waals surface area contributed by atoms with Crippen LogP contribution in [-0.2, 0) is 11.2 Å². The van der Waals surface area contributed by atoms with E-state index < -0.39 is 0 Å². The third-order valence-corrected chi connectivity index (χ3v) is 5.08. The highest BCUT2D eigenvalue weighted by atomic mass is 16.1. The van der Waals surface area contributed by atoms with E-state index in [1.54, 1.807) is 0 Å². The van der Waals surface area contributed by atoms with Crippen LogP contribution >= 0.6 is 0 Å². The maximum atomic E-state index is 12.2. The highest BCUT2D eigenvalue weighted by Gasteiger charge is 2.24. The second-order valence-electron chi connectivity index (χ2n) is 6.66. The van der Waals surface area contributed by atoms with E-state index in [0.29, 0.717) is 6.42 Å². The van der Waals surface area contributed by atoms with Crippen molar-refractivity contribution in [3.05, 3.63) is 29.3 Å². The summed E-state index contributed by atoms with van der Waals surface area (Å²) in [5.74, 6) is 0.996. The molecule has 3 heteroatoms. The lowest BCUT2D eigenvalue weighted by atomic mass is 9.86. The molecular weight excluding hydrogens is 260 g/mol. The summed E-state index contributed by atoms with van der Waals surface area (Å²) in [7, 11) is 0. The number of carbonyl (C=O) groups excluding carboxylic acids is 1. The Bertz CT molecular complexity index is 506. The Morgan fingerprint density at radius 3 is 2.81 bits per heavy atom. The van der Waals surface area contributed by atoms with E-state index in [0.717, 1.165) is 30.9 Å². The third kappa shape index (κ3) is 3.58. The number of aryl methyl sites for hydroxylation is 1. The van der Waals surface area contributed by atoms with Crippen molar-refractivity contribution in [2.45, 2.75) is 63.8 Å². The van der Waals surface area contributed by atoms with Crippen molar-refractivity contribution in [2.75, 3.05) is 5.73 Å². The van der Waals surface area contributed by atoms with Crippen LogP contribution in [0.3, 0.4) is 0 Å². The number of benzene rings is 1. The lowest BCUT2D eigenvalue weighted by molar-refractivity contribution is -0.122. The molecule has 2 aliphatic carbocycles. The first-order valence-corrected chi connectivity index (χ1v) is 8.40. The molecule has 3 nitrogen and oxygen atoms in total. The van der Waals surface area contributed by atoms with E-state index in [9.17, 15) is 4.79 Å². The Morgan fingerprint density at radius 2 is 2.00 bits per heavy atom. The maximum absolute atomic E-state index is 12.2. The zero-order valence-electron chi connectivity index (χ0n) is 12.7. The quantitative estimate of drug-likeness (QED) is 0.829. The van der Waals surface area contributed by atoms with Gasteiger partial charge in [-0.25, -0.2) is 0 Å². The molecule has 1 saturated carbocycles. The summed E-state index contributed by atoms with van der Waals surface area (Å²) in [6.07, 6.45) is 10.5. The van der Waals surface area contributed by atoms with Crippen molar-refractivity contribution in [1.29, 1.82) is 0 Å². The van der Waals surface area contributed by atoms with Crippen LogP contribution in [0.4, 0.5) is 5.69 Å². The summed E-state index contributed by atoms with van der Waals surface area (Å²) < 4.78 is 0. The van der Waals surface area contributed by atoms with Gasteiger partial charge in [-0.15, -0.1) is 0 Å². The molecular formula is C18H26N2O. The molecule has 0 aliphatic heterocycles. The highest BCUT2D eigenvalue weighted by molar-refractivity contribution is 5.76. The Labute approximate surface area is 127 Å². The molecule has 3 rings (SSSR count). The van der Waals surface area contributed by atoms with Crippen LogP contribution in [0.2, 0.25) is 0 Å². The monoisotopic (exact) mass is 286 g/mol. The van der Waals surface area contributed by atoms with Crippen LogP contribution in [0.15, 0.2) is 18.2 Å². The SMILES string of the molecule is Nc1ccc2c(c1)CCC2NC(=O)CCC1CCCCC1. The first-order chi connectivity index (χ1) is 10.2. The van der Waals surface area contributed by atoms with Gasteiger partial charge in [0.25, 0.3) is 0 Å². The first kappa shape index (κ1) is 14.4. The molecule has 0 heterocycles. The number of carbonyl (C=O) groups is 1. The molecule has 1 aromatic rings. The lowest BCUT2D eigenvalue weighted by Gasteiger charge is -2.21. The standard InChI is InChI=1S/C18H26N2O/c19-15-8-9-16-14(12-15)7-10-17(16)20-18(21)11-6-13-4-2-1-3-5-13/h8-9,12-13,17H,1-7,10-11,19H2,(H,20,21). The summed E-state index contributed by atoms with van der Waals surface area (Å²) in [5, 5.41) is 3.21. The van der Waals surface area contributed by atoms with Crippen LogP contribution in [0.5, 0.6) is 0 Å². The number of rotatable bonds is 4. The van der Waals surface area contributed by atoms with E-state index in [1.807, 2.05) is 12.1 Å². The number of nitrogens with two attached hydrogens (primary N) is 1. The zero-order valence-corrected chi connectivity index (χ0v) is 12.7. The maximum Gasteiger partial charge on any atom is 0.220 e. The van der Waals surface area contributed by atoms with E-state index in [-0.39, 0.29) is 11.9 Å². The van der Waals surface area contributed by atoms with Crippen molar-refractivity contribution in [2.24, 2.45) is 5.92 Å². The summed E-state index contributed by atoms with van der Waals surface area (Å²) in [6.45, 7) is 0. The molecule has 3 N–H and O–H groups in total. The van der Waals surface area contributed by atoms with Crippen molar-refractivity contribution < 1.29 is 4.79 Å². The lowest BCUT2D eigenvalue weighted by Crippen LogP contribution is -2.27. The molecule has 1 aromatic carbocycles. The fourth-order valence-electron chi connectivity index (χ4n) is 3.86. The van der Waals surface area contributed by atoms with Gasteiger partial charge in [0, 0.05) is 12.1 Å². The molecule has 1 unspecified atom stereocenters. The average Bonchev–Trinajstić information content (AvgIpc) is 2.88. The second-order valence-corrected chi connectivity index (χ2v) is 6.66. The predicted octanol–water partition coefficient (Wildman–Crippen LogP) is 3.73. The summed E-state index contributed by atoms with van der Waals surface area (Å²) >= 11 is 0. The van der Waals surface area contributed by atoms with Gasteiger partial charge in [-0.05, 0) is 48.4 Å². The molecule has 1 atom stereocenters. The molecule has 0 bridgehead atoms. The number of nitrogens with one attached hydrogen (secondary N) is 1. The van der Waals surface area contributed by atoms with Crippen molar-refractivity contribution in [1.82, 2.24) is 5.32 Å². The number of nitrogen functional groups attached to an aromatic ring is 1.